The molecule has 116 valence electrons. The number of hydrogen-bond donors (Lipinski definition) is 1. The maximum absolute atomic E-state index is 4.33. The number of nitrogens with zero attached hydrogens (tertiary/aromatic N) is 3. The molecule has 3 heterocycles. The third kappa shape index (κ3) is 2.18. The second kappa shape index (κ2) is 5.20. The summed E-state index contributed by atoms with van der Waals surface area (Å²) in [5.41, 5.74) is 6.79. The number of rotatable bonds is 2. The lowest BCUT2D eigenvalue weighted by atomic mass is 9.95. The summed E-state index contributed by atoms with van der Waals surface area (Å²) < 4.78 is 2.99. The zero-order valence-electron chi connectivity index (χ0n) is 13.3. The van der Waals surface area contributed by atoms with Gasteiger partial charge in [0, 0.05) is 20.9 Å². The number of aryl methyl sites for hydroxylation is 1. The Morgan fingerprint density at radius 2 is 2.00 bits per heavy atom. The lowest BCUT2D eigenvalue weighted by Gasteiger charge is -2.11. The van der Waals surface area contributed by atoms with E-state index in [9.17, 15) is 0 Å². The topological polar surface area (TPSA) is 46.0 Å². The zero-order chi connectivity index (χ0) is 16.1. The van der Waals surface area contributed by atoms with E-state index in [-0.39, 0.29) is 0 Å². The molecule has 4 rings (SSSR count). The fourth-order valence-electron chi connectivity index (χ4n) is 3.28. The first-order valence-corrected chi connectivity index (χ1v) is 8.46. The molecule has 1 aromatic carbocycles. The van der Waals surface area contributed by atoms with Crippen LogP contribution in [0.5, 0.6) is 0 Å². The van der Waals surface area contributed by atoms with Crippen molar-refractivity contribution in [1.29, 1.82) is 0 Å². The van der Waals surface area contributed by atoms with Crippen molar-refractivity contribution in [2.24, 2.45) is 0 Å². The van der Waals surface area contributed by atoms with E-state index < -0.39 is 0 Å². The molecule has 0 aliphatic carbocycles. The van der Waals surface area contributed by atoms with Crippen molar-refractivity contribution in [3.8, 4) is 11.3 Å². The standard InChI is InChI=1S/C18H17BrN4/c1-10(2)17-14-8-12(19)4-6-15(14)22-18(17)13-5-7-16-20-9-21-23(16)11(13)3/h4-10,22H,1-3H3. The SMILES string of the molecule is Cc1c(-c2[nH]c3ccc(Br)cc3c2C(C)C)ccc2ncnn12. The molecule has 0 unspecified atom stereocenters. The normalized spacial score (nSPS) is 11.9. The van der Waals surface area contributed by atoms with Gasteiger partial charge in [0.2, 0.25) is 0 Å². The smallest absolute Gasteiger partial charge is 0.155 e. The van der Waals surface area contributed by atoms with Crippen LogP contribution in [-0.4, -0.2) is 19.6 Å². The van der Waals surface area contributed by atoms with E-state index in [4.69, 9.17) is 0 Å². The van der Waals surface area contributed by atoms with Crippen molar-refractivity contribution in [3.63, 3.8) is 0 Å². The first-order valence-electron chi connectivity index (χ1n) is 7.67. The van der Waals surface area contributed by atoms with Crippen molar-refractivity contribution in [2.45, 2.75) is 26.7 Å². The highest BCUT2D eigenvalue weighted by atomic mass is 79.9. The molecule has 5 heteroatoms. The van der Waals surface area contributed by atoms with Crippen LogP contribution in [0.1, 0.15) is 31.0 Å². The molecule has 0 atom stereocenters. The Hall–Kier alpha value is -2.14. The van der Waals surface area contributed by atoms with Crippen LogP contribution in [0.3, 0.4) is 0 Å². The van der Waals surface area contributed by atoms with Gasteiger partial charge in [-0.05, 0) is 48.7 Å². The number of benzene rings is 1. The van der Waals surface area contributed by atoms with Crippen LogP contribution < -0.4 is 0 Å². The molecule has 0 saturated heterocycles. The van der Waals surface area contributed by atoms with Crippen LogP contribution in [0.15, 0.2) is 41.1 Å². The second-order valence-electron chi connectivity index (χ2n) is 6.12. The molecule has 0 fully saturated rings. The Bertz CT molecular complexity index is 1030. The Balaban J connectivity index is 2.07. The molecule has 0 aliphatic rings. The van der Waals surface area contributed by atoms with E-state index in [1.54, 1.807) is 6.33 Å². The molecule has 1 N–H and O–H groups in total. The molecule has 0 saturated carbocycles. The first kappa shape index (κ1) is 14.5. The fraction of sp³-hybridized carbons (Fsp3) is 0.222. The minimum absolute atomic E-state index is 0.416. The summed E-state index contributed by atoms with van der Waals surface area (Å²) in [5, 5.41) is 5.60. The molecule has 0 aliphatic heterocycles. The van der Waals surface area contributed by atoms with Gasteiger partial charge >= 0.3 is 0 Å². The van der Waals surface area contributed by atoms with Crippen LogP contribution in [0, 0.1) is 6.92 Å². The average Bonchev–Trinajstić information content (AvgIpc) is 3.11. The van der Waals surface area contributed by atoms with E-state index in [0.717, 1.165) is 21.3 Å². The highest BCUT2D eigenvalue weighted by molar-refractivity contribution is 9.10. The van der Waals surface area contributed by atoms with Crippen LogP contribution in [0.25, 0.3) is 27.8 Å². The predicted octanol–water partition coefficient (Wildman–Crippen LogP) is 5.07. The Labute approximate surface area is 142 Å². The summed E-state index contributed by atoms with van der Waals surface area (Å²) >= 11 is 3.59. The summed E-state index contributed by atoms with van der Waals surface area (Å²) in [5.74, 6) is 0.416. The van der Waals surface area contributed by atoms with Crippen molar-refractivity contribution >= 4 is 32.5 Å². The highest BCUT2D eigenvalue weighted by Crippen LogP contribution is 2.37. The van der Waals surface area contributed by atoms with E-state index in [0.29, 0.717) is 5.92 Å². The van der Waals surface area contributed by atoms with E-state index in [1.165, 1.54) is 22.2 Å². The maximum Gasteiger partial charge on any atom is 0.155 e. The molecule has 0 radical (unpaired) electrons. The number of halogens is 1. The van der Waals surface area contributed by atoms with Crippen molar-refractivity contribution in [1.82, 2.24) is 19.6 Å². The van der Waals surface area contributed by atoms with Gasteiger partial charge in [-0.25, -0.2) is 9.50 Å². The molecule has 0 bridgehead atoms. The Morgan fingerprint density at radius 1 is 1.17 bits per heavy atom. The minimum Gasteiger partial charge on any atom is -0.354 e. The van der Waals surface area contributed by atoms with Crippen molar-refractivity contribution in [2.75, 3.05) is 0 Å². The summed E-state index contributed by atoms with van der Waals surface area (Å²) in [7, 11) is 0. The Morgan fingerprint density at radius 3 is 2.78 bits per heavy atom. The molecule has 3 aromatic heterocycles. The van der Waals surface area contributed by atoms with E-state index in [2.05, 4.69) is 76.0 Å². The average molecular weight is 369 g/mol. The molecule has 4 nitrogen and oxygen atoms in total. The van der Waals surface area contributed by atoms with Crippen molar-refractivity contribution < 1.29 is 0 Å². The van der Waals surface area contributed by atoms with Crippen molar-refractivity contribution in [3.05, 3.63) is 52.4 Å². The van der Waals surface area contributed by atoms with Gasteiger partial charge in [0.15, 0.2) is 5.65 Å². The molecule has 4 aromatic rings. The molecule has 0 spiro atoms. The molecule has 23 heavy (non-hydrogen) atoms. The van der Waals surface area contributed by atoms with Gasteiger partial charge < -0.3 is 4.98 Å². The van der Waals surface area contributed by atoms with Gasteiger partial charge in [-0.15, -0.1) is 0 Å². The van der Waals surface area contributed by atoms with Gasteiger partial charge in [0.25, 0.3) is 0 Å². The van der Waals surface area contributed by atoms with Crippen LogP contribution in [-0.2, 0) is 0 Å². The summed E-state index contributed by atoms with van der Waals surface area (Å²) in [6.45, 7) is 6.55. The van der Waals surface area contributed by atoms with Crippen LogP contribution >= 0.6 is 15.9 Å². The minimum atomic E-state index is 0.416. The third-order valence-electron chi connectivity index (χ3n) is 4.33. The molecular weight excluding hydrogens is 352 g/mol. The summed E-state index contributed by atoms with van der Waals surface area (Å²) in [6.07, 6.45) is 1.60. The summed E-state index contributed by atoms with van der Waals surface area (Å²) in [4.78, 5) is 7.87. The number of aromatic amines is 1. The molecular formula is C18H17BrN4. The number of hydrogen-bond acceptors (Lipinski definition) is 2. The van der Waals surface area contributed by atoms with Gasteiger partial charge in [-0.1, -0.05) is 29.8 Å². The first-order chi connectivity index (χ1) is 11.1. The fourth-order valence-corrected chi connectivity index (χ4v) is 3.64. The third-order valence-corrected chi connectivity index (χ3v) is 4.82. The lowest BCUT2D eigenvalue weighted by molar-refractivity contribution is 0.874. The number of nitrogens with one attached hydrogen (secondary N) is 1. The number of fused-ring (bicyclic) bond motifs is 2. The summed E-state index contributed by atoms with van der Waals surface area (Å²) in [6, 6.07) is 10.5. The van der Waals surface area contributed by atoms with Gasteiger partial charge in [-0.2, -0.15) is 5.10 Å². The maximum atomic E-state index is 4.33. The number of pyridine rings is 1. The highest BCUT2D eigenvalue weighted by Gasteiger charge is 2.18. The molecule has 0 amide bonds. The van der Waals surface area contributed by atoms with Gasteiger partial charge in [0.05, 0.1) is 11.4 Å². The van der Waals surface area contributed by atoms with Gasteiger partial charge in [0.1, 0.15) is 6.33 Å². The number of aromatic nitrogens is 4. The Kier molecular flexibility index (Phi) is 3.27. The zero-order valence-corrected chi connectivity index (χ0v) is 14.8. The van der Waals surface area contributed by atoms with Crippen LogP contribution in [0.4, 0.5) is 0 Å². The van der Waals surface area contributed by atoms with Gasteiger partial charge in [-0.3, -0.25) is 0 Å². The largest absolute Gasteiger partial charge is 0.354 e. The predicted molar refractivity (Wildman–Crippen MR) is 96.8 cm³/mol. The lowest BCUT2D eigenvalue weighted by Crippen LogP contribution is -1.99. The quantitative estimate of drug-likeness (QED) is 0.536. The van der Waals surface area contributed by atoms with E-state index in [1.807, 2.05) is 10.6 Å². The number of H-pyrrole nitrogens is 1. The van der Waals surface area contributed by atoms with E-state index >= 15 is 0 Å². The van der Waals surface area contributed by atoms with Crippen LogP contribution in [0.2, 0.25) is 0 Å². The second-order valence-corrected chi connectivity index (χ2v) is 7.04. The monoisotopic (exact) mass is 368 g/mol.